The average Bonchev–Trinajstić information content (AvgIpc) is 2.67. The van der Waals surface area contributed by atoms with Crippen LogP contribution in [0.4, 0.5) is 0 Å². The lowest BCUT2D eigenvalue weighted by atomic mass is 9.91. The molecule has 0 saturated carbocycles. The molecule has 0 amide bonds. The van der Waals surface area contributed by atoms with Crippen LogP contribution in [0.15, 0.2) is 0 Å². The van der Waals surface area contributed by atoms with E-state index in [2.05, 4.69) is 0 Å². The Morgan fingerprint density at radius 1 is 0.556 bits per heavy atom. The highest BCUT2D eigenvalue weighted by Crippen LogP contribution is 2.33. The molecule has 0 aromatic rings. The molecule has 1 aliphatic heterocycles. The molecule has 1 rings (SSSR count). The number of carbonyl (C=O) groups is 4. The third-order valence-electron chi connectivity index (χ3n) is 5.42. The van der Waals surface area contributed by atoms with Gasteiger partial charge in [0.25, 0.3) is 0 Å². The van der Waals surface area contributed by atoms with Crippen LogP contribution in [-0.4, -0.2) is 61.0 Å². The van der Waals surface area contributed by atoms with E-state index in [0.29, 0.717) is 0 Å². The van der Waals surface area contributed by atoms with Crippen molar-refractivity contribution in [3.05, 3.63) is 0 Å². The van der Waals surface area contributed by atoms with Gasteiger partial charge in [0.2, 0.25) is 0 Å². The Balaban J connectivity index is 3.50. The summed E-state index contributed by atoms with van der Waals surface area (Å²) in [6.45, 7) is 21.8. The van der Waals surface area contributed by atoms with E-state index in [1.54, 1.807) is 90.0 Å². The van der Waals surface area contributed by atoms with Gasteiger partial charge < -0.3 is 23.7 Å². The fourth-order valence-corrected chi connectivity index (χ4v) is 2.95. The maximum Gasteiger partial charge on any atom is 0.311 e. The van der Waals surface area contributed by atoms with Crippen LogP contribution in [0.25, 0.3) is 0 Å². The van der Waals surface area contributed by atoms with Crippen molar-refractivity contribution in [2.75, 3.05) is 6.61 Å². The summed E-state index contributed by atoms with van der Waals surface area (Å²) in [5.41, 5.74) is -3.37. The van der Waals surface area contributed by atoms with Crippen LogP contribution < -0.4 is 0 Å². The van der Waals surface area contributed by atoms with Crippen molar-refractivity contribution in [3.63, 3.8) is 0 Å². The largest absolute Gasteiger partial charge is 0.462 e. The lowest BCUT2D eigenvalue weighted by Crippen LogP contribution is -2.63. The summed E-state index contributed by atoms with van der Waals surface area (Å²) in [6.07, 6.45) is -5.14. The van der Waals surface area contributed by atoms with Crippen LogP contribution in [0.1, 0.15) is 90.0 Å². The number of hydrogen-bond donors (Lipinski definition) is 0. The lowest BCUT2D eigenvalue weighted by molar-refractivity contribution is -0.257. The van der Waals surface area contributed by atoms with Crippen molar-refractivity contribution in [3.8, 4) is 0 Å². The van der Waals surface area contributed by atoms with Crippen LogP contribution in [0.2, 0.25) is 0 Å². The van der Waals surface area contributed by atoms with Crippen LogP contribution >= 0.6 is 0 Å². The molecule has 0 N–H and O–H groups in total. The van der Waals surface area contributed by atoms with Gasteiger partial charge in [-0.05, 0) is 90.0 Å². The van der Waals surface area contributed by atoms with Crippen LogP contribution in [-0.2, 0) is 42.9 Å². The molecule has 0 aliphatic carbocycles. The van der Waals surface area contributed by atoms with E-state index in [1.165, 1.54) is 0 Å². The smallest absolute Gasteiger partial charge is 0.311 e. The normalized spacial score (nSPS) is 25.5. The molecular weight excluding hydrogens is 468 g/mol. The fraction of sp³-hybridized carbons (Fsp3) is 0.852. The summed E-state index contributed by atoms with van der Waals surface area (Å²) in [6, 6.07) is 0. The second-order valence-electron chi connectivity index (χ2n) is 13.6. The van der Waals surface area contributed by atoms with Gasteiger partial charge in [0.1, 0.15) is 12.7 Å². The minimum atomic E-state index is -1.19. The van der Waals surface area contributed by atoms with Crippen molar-refractivity contribution in [2.24, 2.45) is 21.7 Å². The van der Waals surface area contributed by atoms with Gasteiger partial charge >= 0.3 is 23.9 Å². The molecule has 1 saturated heterocycles. The topological polar surface area (TPSA) is 114 Å². The van der Waals surface area contributed by atoms with Crippen molar-refractivity contribution < 1.29 is 42.9 Å². The first-order chi connectivity index (χ1) is 16.0. The lowest BCUT2D eigenvalue weighted by Gasteiger charge is -2.45. The molecule has 9 heteroatoms. The molecule has 0 aromatic heterocycles. The Labute approximate surface area is 215 Å². The molecule has 1 fully saturated rings. The molecule has 5 atom stereocenters. The number of ether oxygens (including phenoxy) is 5. The van der Waals surface area contributed by atoms with Gasteiger partial charge in [-0.25, -0.2) is 0 Å². The maximum atomic E-state index is 13.0. The number of esters is 4. The molecule has 1 heterocycles. The van der Waals surface area contributed by atoms with Gasteiger partial charge in [-0.15, -0.1) is 0 Å². The van der Waals surface area contributed by atoms with E-state index in [-0.39, 0.29) is 6.61 Å². The summed E-state index contributed by atoms with van der Waals surface area (Å²) < 4.78 is 29.0. The minimum absolute atomic E-state index is 0.244. The monoisotopic (exact) mass is 514 g/mol. The zero-order valence-corrected chi connectivity index (χ0v) is 24.3. The molecule has 0 radical (unpaired) electrons. The zero-order chi connectivity index (χ0) is 28.4. The van der Waals surface area contributed by atoms with Crippen LogP contribution in [0, 0.1) is 21.7 Å². The predicted molar refractivity (Wildman–Crippen MR) is 133 cm³/mol. The van der Waals surface area contributed by atoms with Gasteiger partial charge in [-0.2, -0.15) is 0 Å². The molecule has 1 aliphatic rings. The highest BCUT2D eigenvalue weighted by Gasteiger charge is 2.53. The average molecular weight is 515 g/mol. The van der Waals surface area contributed by atoms with E-state index in [4.69, 9.17) is 23.7 Å². The van der Waals surface area contributed by atoms with Gasteiger partial charge in [-0.3, -0.25) is 19.2 Å². The highest BCUT2D eigenvalue weighted by atomic mass is 16.7. The Bertz CT molecular complexity index is 818. The fourth-order valence-electron chi connectivity index (χ4n) is 2.95. The van der Waals surface area contributed by atoms with Crippen molar-refractivity contribution in [2.45, 2.75) is 121 Å². The SMILES string of the molecule is CC1OC(COC(=O)C(C)(C)C)C(OC(=O)C(C)(C)C)C(OC(=O)C(C)(C)C)C1OC(=O)C(C)(C)C. The maximum absolute atomic E-state index is 13.0. The first kappa shape index (κ1) is 31.9. The summed E-state index contributed by atoms with van der Waals surface area (Å²) in [4.78, 5) is 51.2. The van der Waals surface area contributed by atoms with Crippen molar-refractivity contribution in [1.29, 1.82) is 0 Å². The standard InChI is InChI=1S/C27H46O9/c1-15-17(34-21(29)25(5,6)7)19(36-23(31)27(11,12)13)18(35-22(30)26(8,9)10)16(33-15)14-32-20(28)24(2,3)4/h15-19H,14H2,1-13H3. The predicted octanol–water partition coefficient (Wildman–Crippen LogP) is 4.24. The summed E-state index contributed by atoms with van der Waals surface area (Å²) in [7, 11) is 0. The quantitative estimate of drug-likeness (QED) is 0.392. The third-order valence-corrected chi connectivity index (χ3v) is 5.42. The molecular formula is C27H46O9. The van der Waals surface area contributed by atoms with Gasteiger partial charge in [-0.1, -0.05) is 0 Å². The molecule has 9 nitrogen and oxygen atoms in total. The molecule has 0 bridgehead atoms. The van der Waals surface area contributed by atoms with Gasteiger partial charge in [0.15, 0.2) is 18.3 Å². The van der Waals surface area contributed by atoms with Crippen LogP contribution in [0.3, 0.4) is 0 Å². The van der Waals surface area contributed by atoms with E-state index < -0.39 is 76.1 Å². The summed E-state index contributed by atoms with van der Waals surface area (Å²) in [5.74, 6) is -2.14. The molecule has 5 unspecified atom stereocenters. The summed E-state index contributed by atoms with van der Waals surface area (Å²) in [5, 5.41) is 0. The van der Waals surface area contributed by atoms with Crippen molar-refractivity contribution >= 4 is 23.9 Å². The van der Waals surface area contributed by atoms with Crippen LogP contribution in [0.5, 0.6) is 0 Å². The third kappa shape index (κ3) is 8.75. The first-order valence-corrected chi connectivity index (χ1v) is 12.4. The molecule has 208 valence electrons. The highest BCUT2D eigenvalue weighted by molar-refractivity contribution is 5.78. The molecule has 36 heavy (non-hydrogen) atoms. The number of carbonyl (C=O) groups excluding carboxylic acids is 4. The number of rotatable bonds is 5. The molecule has 0 spiro atoms. The van der Waals surface area contributed by atoms with E-state index >= 15 is 0 Å². The van der Waals surface area contributed by atoms with Gasteiger partial charge in [0.05, 0.1) is 27.8 Å². The van der Waals surface area contributed by atoms with Gasteiger partial charge in [0, 0.05) is 0 Å². The Kier molecular flexibility index (Phi) is 9.80. The van der Waals surface area contributed by atoms with Crippen molar-refractivity contribution in [1.82, 2.24) is 0 Å². The second kappa shape index (κ2) is 11.1. The number of hydrogen-bond acceptors (Lipinski definition) is 9. The first-order valence-electron chi connectivity index (χ1n) is 12.4. The summed E-state index contributed by atoms with van der Waals surface area (Å²) >= 11 is 0. The van der Waals surface area contributed by atoms with E-state index in [0.717, 1.165) is 0 Å². The zero-order valence-electron chi connectivity index (χ0n) is 24.3. The second-order valence-corrected chi connectivity index (χ2v) is 13.6. The van der Waals surface area contributed by atoms with E-state index in [1.807, 2.05) is 0 Å². The minimum Gasteiger partial charge on any atom is -0.462 e. The Morgan fingerprint density at radius 3 is 1.25 bits per heavy atom. The van der Waals surface area contributed by atoms with E-state index in [9.17, 15) is 19.2 Å². The molecule has 0 aromatic carbocycles. The Morgan fingerprint density at radius 2 is 0.889 bits per heavy atom. The Hall–Kier alpha value is -2.16.